The zero-order valence-corrected chi connectivity index (χ0v) is 16.9. The van der Waals surface area contributed by atoms with Crippen molar-refractivity contribution in [2.75, 3.05) is 0 Å². The average Bonchev–Trinajstić information content (AvgIpc) is 3.03. The van der Waals surface area contributed by atoms with Crippen LogP contribution in [-0.4, -0.2) is 28.0 Å². The quantitative estimate of drug-likeness (QED) is 0.236. The second-order valence-corrected chi connectivity index (χ2v) is 8.98. The van der Waals surface area contributed by atoms with Gasteiger partial charge in [0.2, 0.25) is 0 Å². The van der Waals surface area contributed by atoms with Gasteiger partial charge < -0.3 is 4.42 Å². The van der Waals surface area contributed by atoms with Gasteiger partial charge in [-0.15, -0.1) is 0 Å². The molecule has 31 heavy (non-hydrogen) atoms. The fraction of sp³-hybridized carbons (Fsp3) is 0.318. The minimum atomic E-state index is -0.514. The van der Waals surface area contributed by atoms with Crippen LogP contribution in [0.4, 0.5) is 5.69 Å². The topological polar surface area (TPSA) is 106 Å². The maximum absolute atomic E-state index is 12.9. The second kappa shape index (κ2) is 6.13. The van der Waals surface area contributed by atoms with Crippen molar-refractivity contribution >= 4 is 35.3 Å². The highest BCUT2D eigenvalue weighted by Gasteiger charge is 2.73. The van der Waals surface area contributed by atoms with E-state index >= 15 is 0 Å². The van der Waals surface area contributed by atoms with Crippen LogP contribution in [0.5, 0.6) is 0 Å². The molecule has 2 bridgehead atoms. The lowest BCUT2D eigenvalue weighted by molar-refractivity contribution is -0.384. The zero-order valence-electron chi connectivity index (χ0n) is 16.1. The summed E-state index contributed by atoms with van der Waals surface area (Å²) >= 11 is 6.16. The van der Waals surface area contributed by atoms with E-state index in [0.717, 1.165) is 17.9 Å². The highest BCUT2D eigenvalue weighted by atomic mass is 35.5. The number of hydrazone groups is 1. The Labute approximate surface area is 181 Å². The third-order valence-corrected chi connectivity index (χ3v) is 7.51. The Morgan fingerprint density at radius 2 is 1.81 bits per heavy atom. The van der Waals surface area contributed by atoms with Gasteiger partial charge in [-0.1, -0.05) is 23.8 Å². The Morgan fingerprint density at radius 1 is 1.13 bits per heavy atom. The van der Waals surface area contributed by atoms with Crippen molar-refractivity contribution in [3.63, 3.8) is 0 Å². The van der Waals surface area contributed by atoms with E-state index in [0.29, 0.717) is 22.1 Å². The second-order valence-electron chi connectivity index (χ2n) is 8.58. The number of allylic oxidation sites excluding steroid dienone is 2. The number of nitro groups is 1. The summed E-state index contributed by atoms with van der Waals surface area (Å²) in [5.74, 6) is -0.198. The van der Waals surface area contributed by atoms with Gasteiger partial charge in [0.15, 0.2) is 0 Å². The largest absolute Gasteiger partial charge is 0.455 e. The molecule has 2 heterocycles. The number of non-ortho nitro benzene ring substituents is 1. The third kappa shape index (κ3) is 2.45. The molecule has 1 spiro atoms. The fourth-order valence-electron chi connectivity index (χ4n) is 5.67. The van der Waals surface area contributed by atoms with E-state index in [1.165, 1.54) is 24.4 Å². The summed E-state index contributed by atoms with van der Waals surface area (Å²) in [6.45, 7) is 0. The molecule has 2 amide bonds. The molecule has 0 radical (unpaired) electrons. The van der Waals surface area contributed by atoms with Crippen LogP contribution in [0.1, 0.15) is 18.6 Å². The Bertz CT molecular complexity index is 1190. The van der Waals surface area contributed by atoms with Gasteiger partial charge in [0.05, 0.1) is 28.0 Å². The first kappa shape index (κ1) is 18.5. The molecule has 156 valence electrons. The molecule has 4 atom stereocenters. The highest BCUT2D eigenvalue weighted by molar-refractivity contribution is 6.33. The molecule has 1 saturated heterocycles. The van der Waals surface area contributed by atoms with Gasteiger partial charge in [-0.05, 0) is 48.3 Å². The lowest BCUT2D eigenvalue weighted by Crippen LogP contribution is -2.30. The third-order valence-electron chi connectivity index (χ3n) is 7.18. The van der Waals surface area contributed by atoms with E-state index in [1.807, 2.05) is 0 Å². The summed E-state index contributed by atoms with van der Waals surface area (Å²) in [5, 5.41) is 16.4. The molecule has 1 aliphatic heterocycles. The predicted octanol–water partition coefficient (Wildman–Crippen LogP) is 4.04. The van der Waals surface area contributed by atoms with Crippen LogP contribution < -0.4 is 0 Å². The van der Waals surface area contributed by atoms with Gasteiger partial charge in [-0.2, -0.15) is 10.1 Å². The summed E-state index contributed by atoms with van der Waals surface area (Å²) in [6.07, 6.45) is 7.70. The maximum atomic E-state index is 12.9. The Morgan fingerprint density at radius 3 is 2.42 bits per heavy atom. The first-order valence-corrected chi connectivity index (χ1v) is 10.4. The SMILES string of the molecule is O=C1[C@@H]2[C@@H](C(=O)N1N=Cc1ccc(-c3cc([N+](=O)[O-])ccc3Cl)o1)[C@H]1C=C[C@H]2C12CC2. The van der Waals surface area contributed by atoms with Gasteiger partial charge in [0, 0.05) is 17.7 Å². The van der Waals surface area contributed by atoms with Crippen LogP contribution in [0.3, 0.4) is 0 Å². The van der Waals surface area contributed by atoms with Gasteiger partial charge in [-0.25, -0.2) is 0 Å². The summed E-state index contributed by atoms with van der Waals surface area (Å²) in [6, 6.07) is 7.28. The Balaban J connectivity index is 1.24. The number of imide groups is 1. The van der Waals surface area contributed by atoms with E-state index in [-0.39, 0.29) is 46.6 Å². The molecule has 2 saturated carbocycles. The number of hydrogen-bond acceptors (Lipinski definition) is 6. The number of hydrogen-bond donors (Lipinski definition) is 0. The molecule has 1 aromatic heterocycles. The number of carbonyl (C=O) groups is 2. The molecule has 8 nitrogen and oxygen atoms in total. The number of furan rings is 1. The number of nitro benzene ring substituents is 1. The molecular weight excluding hydrogens is 422 g/mol. The van der Waals surface area contributed by atoms with Crippen molar-refractivity contribution in [1.29, 1.82) is 0 Å². The van der Waals surface area contributed by atoms with Crippen LogP contribution in [0.15, 0.2) is 52.0 Å². The van der Waals surface area contributed by atoms with E-state index < -0.39 is 4.92 Å². The van der Waals surface area contributed by atoms with Crippen molar-refractivity contribution in [2.45, 2.75) is 12.8 Å². The molecular formula is C22H16ClN3O5. The van der Waals surface area contributed by atoms with Gasteiger partial charge in [-0.3, -0.25) is 19.7 Å². The van der Waals surface area contributed by atoms with Crippen molar-refractivity contribution in [2.24, 2.45) is 34.2 Å². The minimum absolute atomic E-state index is 0.109. The lowest BCUT2D eigenvalue weighted by atomic mass is 9.85. The standard InChI is InChI=1S/C22H16ClN3O5/c23-16-5-1-11(26(29)30)9-13(16)17-6-2-12(31-17)10-24-25-20(27)18-14-3-4-15(19(18)21(25)28)22(14)7-8-22/h1-6,9-10,14-15,18-19H,7-8H2/t14-,15-,18+,19+/m1/s1. The molecule has 3 aliphatic carbocycles. The molecule has 4 aliphatic rings. The van der Waals surface area contributed by atoms with E-state index in [4.69, 9.17) is 16.0 Å². The summed E-state index contributed by atoms with van der Waals surface area (Å²) < 4.78 is 5.69. The molecule has 0 unspecified atom stereocenters. The van der Waals surface area contributed by atoms with Crippen molar-refractivity contribution < 1.29 is 18.9 Å². The van der Waals surface area contributed by atoms with E-state index in [2.05, 4.69) is 17.3 Å². The monoisotopic (exact) mass is 437 g/mol. The molecule has 1 aromatic carbocycles. The number of rotatable bonds is 4. The lowest BCUT2D eigenvalue weighted by Gasteiger charge is -2.18. The average molecular weight is 438 g/mol. The van der Waals surface area contributed by atoms with Gasteiger partial charge in [0.25, 0.3) is 17.5 Å². The van der Waals surface area contributed by atoms with Gasteiger partial charge in [0.1, 0.15) is 11.5 Å². The zero-order chi connectivity index (χ0) is 21.5. The number of fused-ring (bicyclic) bond motifs is 3. The van der Waals surface area contributed by atoms with Gasteiger partial charge >= 0.3 is 0 Å². The number of benzene rings is 1. The molecule has 6 rings (SSSR count). The minimum Gasteiger partial charge on any atom is -0.455 e. The van der Waals surface area contributed by atoms with Crippen LogP contribution in [0, 0.1) is 39.2 Å². The summed E-state index contributed by atoms with van der Waals surface area (Å²) in [4.78, 5) is 36.4. The first-order chi connectivity index (χ1) is 14.9. The van der Waals surface area contributed by atoms with Crippen molar-refractivity contribution in [3.8, 4) is 11.3 Å². The number of halogens is 1. The van der Waals surface area contributed by atoms with E-state index in [1.54, 1.807) is 12.1 Å². The van der Waals surface area contributed by atoms with Crippen molar-refractivity contribution in [3.05, 3.63) is 63.4 Å². The van der Waals surface area contributed by atoms with Crippen LogP contribution in [-0.2, 0) is 9.59 Å². The smallest absolute Gasteiger partial charge is 0.270 e. The molecule has 2 aromatic rings. The van der Waals surface area contributed by atoms with Crippen LogP contribution >= 0.6 is 11.6 Å². The number of carbonyl (C=O) groups excluding carboxylic acids is 2. The molecule has 9 heteroatoms. The Hall–Kier alpha value is -3.26. The predicted molar refractivity (Wildman–Crippen MR) is 110 cm³/mol. The normalized spacial score (nSPS) is 29.5. The van der Waals surface area contributed by atoms with E-state index in [9.17, 15) is 19.7 Å². The van der Waals surface area contributed by atoms with Crippen LogP contribution in [0.25, 0.3) is 11.3 Å². The van der Waals surface area contributed by atoms with Crippen molar-refractivity contribution in [1.82, 2.24) is 5.01 Å². The Kier molecular flexibility index (Phi) is 3.66. The number of nitrogens with zero attached hydrogens (tertiary/aromatic N) is 3. The first-order valence-electron chi connectivity index (χ1n) is 10.0. The summed E-state index contributed by atoms with van der Waals surface area (Å²) in [7, 11) is 0. The fourth-order valence-corrected chi connectivity index (χ4v) is 5.88. The maximum Gasteiger partial charge on any atom is 0.270 e. The highest BCUT2D eigenvalue weighted by Crippen LogP contribution is 2.73. The summed E-state index contributed by atoms with van der Waals surface area (Å²) in [5.41, 5.74) is 0.405. The number of amides is 2. The van der Waals surface area contributed by atoms with Crippen LogP contribution in [0.2, 0.25) is 5.02 Å². The molecule has 3 fully saturated rings. The molecule has 0 N–H and O–H groups in total.